The number of nitrogens with zero attached hydrogens (tertiary/aromatic N) is 4. The van der Waals surface area contributed by atoms with Gasteiger partial charge in [0.25, 0.3) is 0 Å². The molecule has 1 saturated heterocycles. The molecule has 1 aliphatic heterocycles. The average Bonchev–Trinajstić information content (AvgIpc) is 2.94. The SMILES string of the molecule is O=C(OCc1ccccc1)N1CC(n2nccc2[N+](=O)[O-])C1. The van der Waals surface area contributed by atoms with Crippen molar-refractivity contribution in [2.75, 3.05) is 13.1 Å². The number of ether oxygens (including phenoxy) is 1. The first-order valence-corrected chi connectivity index (χ1v) is 6.78. The first kappa shape index (κ1) is 14.1. The van der Waals surface area contributed by atoms with Gasteiger partial charge in [-0.25, -0.2) is 4.79 Å². The number of amides is 1. The van der Waals surface area contributed by atoms with E-state index in [4.69, 9.17) is 4.74 Å². The van der Waals surface area contributed by atoms with E-state index in [2.05, 4.69) is 5.10 Å². The number of benzene rings is 1. The lowest BCUT2D eigenvalue weighted by Gasteiger charge is -2.35. The van der Waals surface area contributed by atoms with Crippen LogP contribution in [0.3, 0.4) is 0 Å². The Kier molecular flexibility index (Phi) is 3.73. The van der Waals surface area contributed by atoms with Gasteiger partial charge < -0.3 is 14.9 Å². The number of nitro groups is 1. The molecule has 0 radical (unpaired) electrons. The Morgan fingerprint density at radius 3 is 2.73 bits per heavy atom. The van der Waals surface area contributed by atoms with Crippen molar-refractivity contribution in [2.24, 2.45) is 0 Å². The second-order valence-electron chi connectivity index (χ2n) is 4.99. The van der Waals surface area contributed by atoms with Gasteiger partial charge in [0.1, 0.15) is 6.61 Å². The average molecular weight is 302 g/mol. The lowest BCUT2D eigenvalue weighted by atomic mass is 10.1. The molecule has 0 aliphatic carbocycles. The molecule has 1 aliphatic rings. The fraction of sp³-hybridized carbons (Fsp3) is 0.286. The summed E-state index contributed by atoms with van der Waals surface area (Å²) in [6, 6.07) is 10.6. The van der Waals surface area contributed by atoms with Crippen LogP contribution in [0.5, 0.6) is 0 Å². The second kappa shape index (κ2) is 5.84. The molecule has 1 aromatic carbocycles. The van der Waals surface area contributed by atoms with E-state index < -0.39 is 11.0 Å². The van der Waals surface area contributed by atoms with Crippen LogP contribution in [-0.4, -0.2) is 38.8 Å². The fourth-order valence-electron chi connectivity index (χ4n) is 2.30. The topological polar surface area (TPSA) is 90.5 Å². The molecule has 0 N–H and O–H groups in total. The summed E-state index contributed by atoms with van der Waals surface area (Å²) in [7, 11) is 0. The third-order valence-corrected chi connectivity index (χ3v) is 3.51. The highest BCUT2D eigenvalue weighted by atomic mass is 16.6. The highest BCUT2D eigenvalue weighted by molar-refractivity contribution is 5.68. The monoisotopic (exact) mass is 302 g/mol. The number of aromatic nitrogens is 2. The summed E-state index contributed by atoms with van der Waals surface area (Å²) in [6.45, 7) is 0.926. The molecule has 8 nitrogen and oxygen atoms in total. The fourth-order valence-corrected chi connectivity index (χ4v) is 2.30. The Labute approximate surface area is 126 Å². The van der Waals surface area contributed by atoms with Crippen molar-refractivity contribution in [1.82, 2.24) is 14.7 Å². The number of likely N-dealkylation sites (tertiary alicyclic amines) is 1. The summed E-state index contributed by atoms with van der Waals surface area (Å²) >= 11 is 0. The van der Waals surface area contributed by atoms with Crippen molar-refractivity contribution in [3.05, 3.63) is 58.3 Å². The number of hydrogen-bond acceptors (Lipinski definition) is 5. The highest BCUT2D eigenvalue weighted by Crippen LogP contribution is 2.25. The Morgan fingerprint density at radius 2 is 2.05 bits per heavy atom. The number of carbonyl (C=O) groups is 1. The third kappa shape index (κ3) is 2.76. The largest absolute Gasteiger partial charge is 0.445 e. The molecule has 114 valence electrons. The minimum Gasteiger partial charge on any atom is -0.445 e. The summed E-state index contributed by atoms with van der Waals surface area (Å²) in [5, 5.41) is 14.8. The highest BCUT2D eigenvalue weighted by Gasteiger charge is 2.39. The lowest BCUT2D eigenvalue weighted by molar-refractivity contribution is -0.393. The van der Waals surface area contributed by atoms with Crippen LogP contribution in [0.25, 0.3) is 0 Å². The van der Waals surface area contributed by atoms with Crippen LogP contribution in [0.2, 0.25) is 0 Å². The van der Waals surface area contributed by atoms with E-state index >= 15 is 0 Å². The molecule has 8 heteroatoms. The van der Waals surface area contributed by atoms with Gasteiger partial charge in [-0.05, 0) is 10.5 Å². The molecular weight excluding hydrogens is 288 g/mol. The van der Waals surface area contributed by atoms with Crippen molar-refractivity contribution in [1.29, 1.82) is 0 Å². The van der Waals surface area contributed by atoms with Gasteiger partial charge >= 0.3 is 11.9 Å². The molecule has 1 fully saturated rings. The maximum Gasteiger partial charge on any atom is 0.410 e. The van der Waals surface area contributed by atoms with Gasteiger partial charge in [-0.15, -0.1) is 4.68 Å². The molecular formula is C14H14N4O4. The van der Waals surface area contributed by atoms with Crippen molar-refractivity contribution in [3.8, 4) is 0 Å². The number of hydrogen-bond donors (Lipinski definition) is 0. The zero-order chi connectivity index (χ0) is 15.5. The quantitative estimate of drug-likeness (QED) is 0.636. The summed E-state index contributed by atoms with van der Waals surface area (Å²) in [5.74, 6) is -0.0673. The Hall–Kier alpha value is -2.90. The Bertz CT molecular complexity index is 679. The second-order valence-corrected chi connectivity index (χ2v) is 4.99. The van der Waals surface area contributed by atoms with Crippen molar-refractivity contribution < 1.29 is 14.5 Å². The van der Waals surface area contributed by atoms with E-state index in [1.807, 2.05) is 30.3 Å². The van der Waals surface area contributed by atoms with E-state index in [-0.39, 0.29) is 18.5 Å². The van der Waals surface area contributed by atoms with Crippen molar-refractivity contribution >= 4 is 11.9 Å². The molecule has 0 saturated carbocycles. The van der Waals surface area contributed by atoms with Gasteiger partial charge in [0.2, 0.25) is 0 Å². The first-order chi connectivity index (χ1) is 10.6. The molecule has 2 aromatic rings. The minimum absolute atomic E-state index is 0.0673. The number of carbonyl (C=O) groups excluding carboxylic acids is 1. The molecule has 2 heterocycles. The normalized spacial score (nSPS) is 14.5. The smallest absolute Gasteiger partial charge is 0.410 e. The Balaban J connectivity index is 1.51. The van der Waals surface area contributed by atoms with E-state index in [9.17, 15) is 14.9 Å². The molecule has 0 bridgehead atoms. The van der Waals surface area contributed by atoms with E-state index in [1.165, 1.54) is 21.8 Å². The molecule has 0 spiro atoms. The third-order valence-electron chi connectivity index (χ3n) is 3.51. The van der Waals surface area contributed by atoms with Crippen LogP contribution in [0.4, 0.5) is 10.6 Å². The molecule has 1 amide bonds. The van der Waals surface area contributed by atoms with Crippen LogP contribution in [0, 0.1) is 10.1 Å². The summed E-state index contributed by atoms with van der Waals surface area (Å²) in [6.07, 6.45) is 0.962. The number of rotatable bonds is 4. The summed E-state index contributed by atoms with van der Waals surface area (Å²) < 4.78 is 6.53. The molecule has 0 unspecified atom stereocenters. The van der Waals surface area contributed by atoms with Crippen LogP contribution in [0.1, 0.15) is 11.6 Å². The van der Waals surface area contributed by atoms with Gasteiger partial charge in [0.15, 0.2) is 6.04 Å². The zero-order valence-electron chi connectivity index (χ0n) is 11.7. The van der Waals surface area contributed by atoms with Gasteiger partial charge in [-0.3, -0.25) is 4.90 Å². The summed E-state index contributed by atoms with van der Waals surface area (Å²) in [4.78, 5) is 23.7. The van der Waals surface area contributed by atoms with Crippen LogP contribution < -0.4 is 0 Å². The standard InChI is InChI=1S/C14H14N4O4/c19-14(22-10-11-4-2-1-3-5-11)16-8-12(9-16)17-13(18(20)21)6-7-15-17/h1-7,12H,8-10H2. The lowest BCUT2D eigenvalue weighted by Crippen LogP contribution is -2.51. The molecule has 1 aromatic heterocycles. The van der Waals surface area contributed by atoms with E-state index in [0.717, 1.165) is 5.56 Å². The predicted octanol–water partition coefficient (Wildman–Crippen LogP) is 1.98. The molecule has 0 atom stereocenters. The van der Waals surface area contributed by atoms with Gasteiger partial charge in [0, 0.05) is 0 Å². The Morgan fingerprint density at radius 1 is 1.32 bits per heavy atom. The van der Waals surface area contributed by atoms with Crippen LogP contribution in [0.15, 0.2) is 42.6 Å². The zero-order valence-corrected chi connectivity index (χ0v) is 11.7. The summed E-state index contributed by atoms with van der Waals surface area (Å²) in [5.41, 5.74) is 0.913. The van der Waals surface area contributed by atoms with Gasteiger partial charge in [-0.1, -0.05) is 35.4 Å². The van der Waals surface area contributed by atoms with Gasteiger partial charge in [-0.2, -0.15) is 0 Å². The van der Waals surface area contributed by atoms with E-state index in [1.54, 1.807) is 0 Å². The van der Waals surface area contributed by atoms with Crippen LogP contribution >= 0.6 is 0 Å². The minimum atomic E-state index is -0.483. The maximum absolute atomic E-state index is 11.9. The van der Waals surface area contributed by atoms with E-state index in [0.29, 0.717) is 13.1 Å². The maximum atomic E-state index is 11.9. The van der Waals surface area contributed by atoms with Crippen molar-refractivity contribution in [3.63, 3.8) is 0 Å². The van der Waals surface area contributed by atoms with Crippen LogP contribution in [-0.2, 0) is 11.3 Å². The van der Waals surface area contributed by atoms with Gasteiger partial charge in [0.05, 0.1) is 25.4 Å². The first-order valence-electron chi connectivity index (χ1n) is 6.78. The molecule has 3 rings (SSSR count). The predicted molar refractivity (Wildman–Crippen MR) is 76.1 cm³/mol. The molecule has 22 heavy (non-hydrogen) atoms. The van der Waals surface area contributed by atoms with Crippen molar-refractivity contribution in [2.45, 2.75) is 12.6 Å².